The zero-order chi connectivity index (χ0) is 18.1. The van der Waals surface area contributed by atoms with Gasteiger partial charge >= 0.3 is 0 Å². The summed E-state index contributed by atoms with van der Waals surface area (Å²) in [5.74, 6) is 0. The molecule has 0 fully saturated rings. The van der Waals surface area contributed by atoms with E-state index in [1.807, 2.05) is 0 Å². The van der Waals surface area contributed by atoms with E-state index in [4.69, 9.17) is 12.6 Å². The minimum Gasteiger partial charge on any atom is -0.142 e. The zero-order valence-corrected chi connectivity index (χ0v) is 17.0. The van der Waals surface area contributed by atoms with Crippen LogP contribution in [-0.2, 0) is 6.42 Å². The van der Waals surface area contributed by atoms with Gasteiger partial charge in [-0.2, -0.15) is 0 Å². The first-order valence-electron chi connectivity index (χ1n) is 9.07. The first-order valence-corrected chi connectivity index (χ1v) is 9.52. The van der Waals surface area contributed by atoms with Crippen molar-refractivity contribution in [1.82, 2.24) is 0 Å². The van der Waals surface area contributed by atoms with Crippen molar-refractivity contribution in [2.75, 3.05) is 0 Å². The predicted molar refractivity (Wildman–Crippen MR) is 115 cm³/mol. The second-order valence-corrected chi connectivity index (χ2v) is 6.33. The molecule has 24 heavy (non-hydrogen) atoms. The number of rotatable bonds is 7. The van der Waals surface area contributed by atoms with Crippen LogP contribution in [-0.4, -0.2) is 0 Å². The smallest absolute Gasteiger partial charge is 0.0154 e. The van der Waals surface area contributed by atoms with Crippen molar-refractivity contribution < 1.29 is 0 Å². The van der Waals surface area contributed by atoms with Crippen molar-refractivity contribution in [2.24, 2.45) is 0 Å². The van der Waals surface area contributed by atoms with Gasteiger partial charge in [0.15, 0.2) is 0 Å². The molecule has 0 radical (unpaired) electrons. The van der Waals surface area contributed by atoms with E-state index >= 15 is 0 Å². The van der Waals surface area contributed by atoms with Crippen molar-refractivity contribution in [2.45, 2.75) is 65.7 Å². The lowest BCUT2D eigenvalue weighted by Gasteiger charge is -2.21. The molecule has 0 aliphatic heterocycles. The molecule has 1 heteroatoms. The Morgan fingerprint density at radius 2 is 1.67 bits per heavy atom. The number of hydrogen-bond acceptors (Lipinski definition) is 1. The van der Waals surface area contributed by atoms with Crippen LogP contribution >= 0.6 is 12.6 Å². The summed E-state index contributed by atoms with van der Waals surface area (Å²) in [5, 5.41) is 0. The fourth-order valence-corrected chi connectivity index (χ4v) is 3.65. The topological polar surface area (TPSA) is 0 Å². The van der Waals surface area contributed by atoms with Crippen molar-refractivity contribution in [3.8, 4) is 0 Å². The summed E-state index contributed by atoms with van der Waals surface area (Å²) < 4.78 is 0. The summed E-state index contributed by atoms with van der Waals surface area (Å²) in [6, 6.07) is 0. The van der Waals surface area contributed by atoms with Crippen molar-refractivity contribution in [3.63, 3.8) is 0 Å². The van der Waals surface area contributed by atoms with Gasteiger partial charge in [-0.3, -0.25) is 0 Å². The highest BCUT2D eigenvalue weighted by Crippen LogP contribution is 2.37. The summed E-state index contributed by atoms with van der Waals surface area (Å²) in [4.78, 5) is 1.12. The molecule has 0 bridgehead atoms. The van der Waals surface area contributed by atoms with Gasteiger partial charge in [0, 0.05) is 4.90 Å². The zero-order valence-electron chi connectivity index (χ0n) is 16.1. The SMILES string of the molecule is C/C=C\C(=C/CC)c1c(C)c(/C=C\CC)c(S)c(CC)c1/C=C\C. The Morgan fingerprint density at radius 1 is 0.958 bits per heavy atom. The Kier molecular flexibility index (Phi) is 8.92. The van der Waals surface area contributed by atoms with Crippen molar-refractivity contribution in [3.05, 3.63) is 58.2 Å². The maximum Gasteiger partial charge on any atom is 0.0154 e. The van der Waals surface area contributed by atoms with Gasteiger partial charge in [0.1, 0.15) is 0 Å². The fraction of sp³-hybridized carbons (Fsp3) is 0.391. The summed E-state index contributed by atoms with van der Waals surface area (Å²) >= 11 is 4.89. The third kappa shape index (κ3) is 4.54. The molecule has 1 aromatic carbocycles. The maximum atomic E-state index is 4.89. The number of allylic oxidation sites excluding steroid dienone is 6. The van der Waals surface area contributed by atoms with E-state index in [2.05, 4.69) is 84.1 Å². The van der Waals surface area contributed by atoms with Crippen LogP contribution in [0.3, 0.4) is 0 Å². The van der Waals surface area contributed by atoms with Crippen LogP contribution in [0.4, 0.5) is 0 Å². The predicted octanol–water partition coefficient (Wildman–Crippen LogP) is 7.67. The first-order chi connectivity index (χ1) is 11.6. The van der Waals surface area contributed by atoms with E-state index in [0.717, 1.165) is 24.2 Å². The number of thiol groups is 1. The molecule has 0 aromatic heterocycles. The molecule has 0 saturated carbocycles. The Balaban J connectivity index is 3.94. The van der Waals surface area contributed by atoms with Gasteiger partial charge in [-0.05, 0) is 73.4 Å². The third-order valence-electron chi connectivity index (χ3n) is 4.18. The third-order valence-corrected chi connectivity index (χ3v) is 4.69. The molecule has 0 heterocycles. The van der Waals surface area contributed by atoms with E-state index in [-0.39, 0.29) is 0 Å². The minimum atomic E-state index is 0.980. The van der Waals surface area contributed by atoms with Crippen molar-refractivity contribution in [1.29, 1.82) is 0 Å². The van der Waals surface area contributed by atoms with E-state index in [1.54, 1.807) is 0 Å². The molecule has 0 N–H and O–H groups in total. The van der Waals surface area contributed by atoms with E-state index in [9.17, 15) is 0 Å². The molecule has 0 aliphatic carbocycles. The average Bonchev–Trinajstić information content (AvgIpc) is 2.55. The summed E-state index contributed by atoms with van der Waals surface area (Å²) in [6.07, 6.45) is 18.5. The Bertz CT molecular complexity index is 670. The van der Waals surface area contributed by atoms with Crippen LogP contribution < -0.4 is 0 Å². The minimum absolute atomic E-state index is 0.980. The normalized spacial score (nSPS) is 13.0. The van der Waals surface area contributed by atoms with Crippen LogP contribution in [0.5, 0.6) is 0 Å². The average molecular weight is 341 g/mol. The van der Waals surface area contributed by atoms with Gasteiger partial charge in [0.25, 0.3) is 0 Å². The molecule has 1 aromatic rings. The fourth-order valence-electron chi connectivity index (χ4n) is 3.13. The van der Waals surface area contributed by atoms with Crippen molar-refractivity contribution >= 4 is 30.4 Å². The molecule has 0 spiro atoms. The summed E-state index contributed by atoms with van der Waals surface area (Å²) in [7, 11) is 0. The molecule has 0 saturated heterocycles. The lowest BCUT2D eigenvalue weighted by Crippen LogP contribution is -2.03. The highest BCUT2D eigenvalue weighted by Gasteiger charge is 2.18. The molecule has 1 rings (SSSR count). The lowest BCUT2D eigenvalue weighted by molar-refractivity contribution is 1.06. The number of benzene rings is 1. The van der Waals surface area contributed by atoms with Gasteiger partial charge in [-0.1, -0.05) is 63.3 Å². The molecule has 0 atom stereocenters. The second-order valence-electron chi connectivity index (χ2n) is 5.89. The maximum absolute atomic E-state index is 4.89. The van der Waals surface area contributed by atoms with E-state index in [1.165, 1.54) is 33.4 Å². The van der Waals surface area contributed by atoms with Gasteiger partial charge in [-0.25, -0.2) is 0 Å². The Morgan fingerprint density at radius 3 is 2.17 bits per heavy atom. The largest absolute Gasteiger partial charge is 0.142 e. The number of hydrogen-bond donors (Lipinski definition) is 1. The van der Waals surface area contributed by atoms with Crippen LogP contribution in [0.15, 0.2) is 35.3 Å². The van der Waals surface area contributed by atoms with Gasteiger partial charge < -0.3 is 0 Å². The van der Waals surface area contributed by atoms with Crippen LogP contribution in [0.2, 0.25) is 0 Å². The van der Waals surface area contributed by atoms with Crippen LogP contribution in [0.1, 0.15) is 75.3 Å². The summed E-state index contributed by atoms with van der Waals surface area (Å²) in [5.41, 5.74) is 7.87. The van der Waals surface area contributed by atoms with Crippen LogP contribution in [0, 0.1) is 6.92 Å². The molecular weight excluding hydrogens is 308 g/mol. The lowest BCUT2D eigenvalue weighted by atomic mass is 9.86. The first kappa shape index (κ1) is 20.6. The molecule has 0 aliphatic rings. The van der Waals surface area contributed by atoms with E-state index < -0.39 is 0 Å². The standard InChI is InChI=1S/C23H32S/c1-7-12-16-20-17(6)22(18(13-8-2)14-9-3)21(15-10-4)19(11-5)23(20)24/h8,10,12-16,24H,7,9,11H2,1-6H3/b13-8-,15-10-,16-12-,18-14+. The Hall–Kier alpha value is -1.47. The molecule has 130 valence electrons. The van der Waals surface area contributed by atoms with Gasteiger partial charge in [0.05, 0.1) is 0 Å². The molecule has 0 amide bonds. The molecule has 0 nitrogen and oxygen atoms in total. The molecule has 0 unspecified atom stereocenters. The second kappa shape index (κ2) is 10.4. The highest BCUT2D eigenvalue weighted by atomic mass is 32.1. The highest BCUT2D eigenvalue weighted by molar-refractivity contribution is 7.80. The quantitative estimate of drug-likeness (QED) is 0.382. The van der Waals surface area contributed by atoms with Gasteiger partial charge in [-0.15, -0.1) is 12.6 Å². The van der Waals surface area contributed by atoms with E-state index in [0.29, 0.717) is 0 Å². The monoisotopic (exact) mass is 340 g/mol. The Labute approximate surface area is 154 Å². The summed E-state index contributed by atoms with van der Waals surface area (Å²) in [6.45, 7) is 13.0. The molecular formula is C23H32S. The van der Waals surface area contributed by atoms with Gasteiger partial charge in [0.2, 0.25) is 0 Å². The van der Waals surface area contributed by atoms with Crippen LogP contribution in [0.25, 0.3) is 17.7 Å².